The molecule has 0 bridgehead atoms. The highest BCUT2D eigenvalue weighted by Gasteiger charge is 2.33. The molecule has 82 valence electrons. The fraction of sp³-hybridized carbons (Fsp3) is 0.923. The van der Waals surface area contributed by atoms with Crippen LogP contribution < -0.4 is 0 Å². The lowest BCUT2D eigenvalue weighted by molar-refractivity contribution is -0.129. The average molecular weight is 196 g/mol. The minimum absolute atomic E-state index is 0.222. The van der Waals surface area contributed by atoms with Crippen LogP contribution in [0, 0.1) is 23.7 Å². The van der Waals surface area contributed by atoms with Crippen molar-refractivity contribution < 1.29 is 4.79 Å². The van der Waals surface area contributed by atoms with E-state index in [1.807, 2.05) is 13.8 Å². The van der Waals surface area contributed by atoms with Crippen molar-refractivity contribution in [2.24, 2.45) is 23.7 Å². The third-order valence-corrected chi connectivity index (χ3v) is 3.61. The van der Waals surface area contributed by atoms with Gasteiger partial charge in [-0.2, -0.15) is 0 Å². The molecule has 0 aromatic rings. The van der Waals surface area contributed by atoms with E-state index in [4.69, 9.17) is 0 Å². The van der Waals surface area contributed by atoms with Crippen LogP contribution in [0.4, 0.5) is 0 Å². The second-order valence-corrected chi connectivity index (χ2v) is 5.36. The average Bonchev–Trinajstić information content (AvgIpc) is 2.16. The van der Waals surface area contributed by atoms with Gasteiger partial charge in [0.25, 0.3) is 0 Å². The maximum Gasteiger partial charge on any atom is 0.138 e. The third kappa shape index (κ3) is 2.59. The molecular weight excluding hydrogens is 172 g/mol. The molecule has 1 aliphatic rings. The van der Waals surface area contributed by atoms with Gasteiger partial charge in [-0.1, -0.05) is 40.5 Å². The fourth-order valence-electron chi connectivity index (χ4n) is 2.74. The normalized spacial score (nSPS) is 28.4. The van der Waals surface area contributed by atoms with Crippen LogP contribution in [-0.2, 0) is 4.79 Å². The summed E-state index contributed by atoms with van der Waals surface area (Å²) < 4.78 is 0. The van der Waals surface area contributed by atoms with Crippen molar-refractivity contribution in [2.45, 2.75) is 53.4 Å². The van der Waals surface area contributed by atoms with Crippen molar-refractivity contribution in [3.63, 3.8) is 0 Å². The molecule has 1 rings (SSSR count). The van der Waals surface area contributed by atoms with Crippen molar-refractivity contribution in [1.29, 1.82) is 0 Å². The lowest BCUT2D eigenvalue weighted by Gasteiger charge is -2.34. The summed E-state index contributed by atoms with van der Waals surface area (Å²) in [5.74, 6) is 2.41. The second-order valence-electron chi connectivity index (χ2n) is 5.36. The Balaban J connectivity index is 2.67. The van der Waals surface area contributed by atoms with Gasteiger partial charge in [-0.25, -0.2) is 0 Å². The lowest BCUT2D eigenvalue weighted by Crippen LogP contribution is -2.32. The first-order valence-electron chi connectivity index (χ1n) is 6.07. The lowest BCUT2D eigenvalue weighted by atomic mass is 9.70. The van der Waals surface area contributed by atoms with Crippen molar-refractivity contribution in [2.75, 3.05) is 0 Å². The maximum absolute atomic E-state index is 12.0. The molecule has 1 aliphatic carbocycles. The van der Waals surface area contributed by atoms with E-state index >= 15 is 0 Å². The van der Waals surface area contributed by atoms with E-state index < -0.39 is 0 Å². The predicted octanol–water partition coefficient (Wildman–Crippen LogP) is 3.67. The zero-order chi connectivity index (χ0) is 10.7. The second kappa shape index (κ2) is 4.95. The van der Waals surface area contributed by atoms with Gasteiger partial charge in [0.05, 0.1) is 0 Å². The van der Waals surface area contributed by atoms with E-state index in [1.165, 1.54) is 19.3 Å². The molecule has 0 saturated heterocycles. The molecule has 0 radical (unpaired) electrons. The Bertz CT molecular complexity index is 193. The van der Waals surface area contributed by atoms with E-state index in [2.05, 4.69) is 13.8 Å². The van der Waals surface area contributed by atoms with Gasteiger partial charge >= 0.3 is 0 Å². The van der Waals surface area contributed by atoms with Gasteiger partial charge in [-0.3, -0.25) is 4.79 Å². The Morgan fingerprint density at radius 3 is 2.14 bits per heavy atom. The molecule has 14 heavy (non-hydrogen) atoms. The van der Waals surface area contributed by atoms with Gasteiger partial charge < -0.3 is 0 Å². The van der Waals surface area contributed by atoms with Crippen LogP contribution in [0.1, 0.15) is 53.4 Å². The first-order chi connectivity index (χ1) is 6.54. The zero-order valence-electron chi connectivity index (χ0n) is 10.0. The Morgan fingerprint density at radius 1 is 1.07 bits per heavy atom. The molecular formula is C13H24O. The Hall–Kier alpha value is -0.330. The monoisotopic (exact) mass is 196 g/mol. The summed E-state index contributed by atoms with van der Waals surface area (Å²) in [5, 5.41) is 0. The van der Waals surface area contributed by atoms with Crippen molar-refractivity contribution in [3.8, 4) is 0 Å². The smallest absolute Gasteiger partial charge is 0.138 e. The Labute approximate surface area is 88.3 Å². The van der Waals surface area contributed by atoms with Crippen LogP contribution in [0.25, 0.3) is 0 Å². The molecule has 0 amide bonds. The zero-order valence-corrected chi connectivity index (χ0v) is 10.0. The minimum Gasteiger partial charge on any atom is -0.299 e. The number of hydrogen-bond donors (Lipinski definition) is 0. The van der Waals surface area contributed by atoms with Crippen LogP contribution in [0.2, 0.25) is 0 Å². The molecule has 0 aliphatic heterocycles. The molecule has 0 N–H and O–H groups in total. The van der Waals surface area contributed by atoms with Gasteiger partial charge in [0.2, 0.25) is 0 Å². The summed E-state index contributed by atoms with van der Waals surface area (Å²) in [4.78, 5) is 12.0. The number of Topliss-reactive ketones (excluding diaryl/α,β-unsaturated/α-hetero) is 1. The highest BCUT2D eigenvalue weighted by atomic mass is 16.1. The topological polar surface area (TPSA) is 17.1 Å². The highest BCUT2D eigenvalue weighted by molar-refractivity contribution is 5.83. The van der Waals surface area contributed by atoms with Crippen LogP contribution in [0.15, 0.2) is 0 Å². The molecule has 0 aromatic heterocycles. The molecule has 2 atom stereocenters. The number of carbonyl (C=O) groups is 1. The van der Waals surface area contributed by atoms with E-state index in [0.29, 0.717) is 23.5 Å². The first kappa shape index (κ1) is 11.7. The molecule has 2 unspecified atom stereocenters. The predicted molar refractivity (Wildman–Crippen MR) is 60.1 cm³/mol. The summed E-state index contributed by atoms with van der Waals surface area (Å²) in [6, 6.07) is 0. The van der Waals surface area contributed by atoms with Crippen molar-refractivity contribution in [1.82, 2.24) is 0 Å². The number of hydrogen-bond acceptors (Lipinski definition) is 1. The van der Waals surface area contributed by atoms with E-state index in [9.17, 15) is 4.79 Å². The molecule has 1 saturated carbocycles. The highest BCUT2D eigenvalue weighted by Crippen LogP contribution is 2.36. The van der Waals surface area contributed by atoms with Crippen molar-refractivity contribution >= 4 is 5.78 Å². The standard InChI is InChI=1S/C13H24O/c1-9(2)11-7-5-6-8-12(11)13(14)10(3)4/h9-12H,5-8H2,1-4H3. The molecule has 0 aromatic carbocycles. The molecule has 1 nitrogen and oxygen atoms in total. The number of ketones is 1. The molecule has 0 spiro atoms. The summed E-state index contributed by atoms with van der Waals surface area (Å²) in [6.07, 6.45) is 4.98. The van der Waals surface area contributed by atoms with Gasteiger partial charge in [0.15, 0.2) is 0 Å². The molecule has 1 fully saturated rings. The largest absolute Gasteiger partial charge is 0.299 e. The van der Waals surface area contributed by atoms with Crippen LogP contribution in [-0.4, -0.2) is 5.78 Å². The van der Waals surface area contributed by atoms with Gasteiger partial charge in [-0.05, 0) is 24.7 Å². The van der Waals surface area contributed by atoms with Gasteiger partial charge in [0, 0.05) is 11.8 Å². The maximum atomic E-state index is 12.0. The molecule has 1 heteroatoms. The summed E-state index contributed by atoms with van der Waals surface area (Å²) in [7, 11) is 0. The summed E-state index contributed by atoms with van der Waals surface area (Å²) in [5.41, 5.74) is 0. The van der Waals surface area contributed by atoms with Crippen LogP contribution in [0.3, 0.4) is 0 Å². The summed E-state index contributed by atoms with van der Waals surface area (Å²) in [6.45, 7) is 8.59. The van der Waals surface area contributed by atoms with Crippen molar-refractivity contribution in [3.05, 3.63) is 0 Å². The van der Waals surface area contributed by atoms with Crippen LogP contribution in [0.5, 0.6) is 0 Å². The van der Waals surface area contributed by atoms with E-state index in [-0.39, 0.29) is 5.92 Å². The summed E-state index contributed by atoms with van der Waals surface area (Å²) >= 11 is 0. The van der Waals surface area contributed by atoms with Crippen LogP contribution >= 0.6 is 0 Å². The Kier molecular flexibility index (Phi) is 4.15. The third-order valence-electron chi connectivity index (χ3n) is 3.61. The number of carbonyl (C=O) groups excluding carboxylic acids is 1. The minimum atomic E-state index is 0.222. The Morgan fingerprint density at radius 2 is 1.64 bits per heavy atom. The van der Waals surface area contributed by atoms with E-state index in [0.717, 1.165) is 6.42 Å². The SMILES string of the molecule is CC(C)C(=O)C1CCCCC1C(C)C. The van der Waals surface area contributed by atoms with Gasteiger partial charge in [-0.15, -0.1) is 0 Å². The van der Waals surface area contributed by atoms with Gasteiger partial charge in [0.1, 0.15) is 5.78 Å². The molecule has 0 heterocycles. The first-order valence-corrected chi connectivity index (χ1v) is 6.07. The quantitative estimate of drug-likeness (QED) is 0.673. The number of rotatable bonds is 3. The fourth-order valence-corrected chi connectivity index (χ4v) is 2.74. The van der Waals surface area contributed by atoms with E-state index in [1.54, 1.807) is 0 Å².